The van der Waals surface area contributed by atoms with E-state index in [1.54, 1.807) is 19.2 Å². The van der Waals surface area contributed by atoms with Crippen molar-refractivity contribution < 1.29 is 19.0 Å². The van der Waals surface area contributed by atoms with E-state index in [1.165, 1.54) is 31.9 Å². The summed E-state index contributed by atoms with van der Waals surface area (Å²) in [7, 11) is 3.13. The third kappa shape index (κ3) is 6.89. The lowest BCUT2D eigenvalue weighted by Gasteiger charge is -2.09. The molecule has 140 valence electrons. The fraction of sp³-hybridized carbons (Fsp3) is 0.409. The van der Waals surface area contributed by atoms with Crippen LogP contribution in [0.1, 0.15) is 47.2 Å². The molecule has 2 aromatic carbocycles. The van der Waals surface area contributed by atoms with Crippen molar-refractivity contribution in [3.05, 3.63) is 65.2 Å². The Morgan fingerprint density at radius 2 is 1.65 bits per heavy atom. The van der Waals surface area contributed by atoms with E-state index in [1.807, 2.05) is 24.3 Å². The van der Waals surface area contributed by atoms with Gasteiger partial charge < -0.3 is 14.2 Å². The van der Waals surface area contributed by atoms with Crippen molar-refractivity contribution in [2.45, 2.75) is 38.7 Å². The predicted molar refractivity (Wildman–Crippen MR) is 103 cm³/mol. The highest BCUT2D eigenvalue weighted by Gasteiger charge is 2.06. The van der Waals surface area contributed by atoms with E-state index in [0.717, 1.165) is 30.8 Å². The lowest BCUT2D eigenvalue weighted by molar-refractivity contribution is 0.0600. The molecule has 0 aliphatic rings. The van der Waals surface area contributed by atoms with E-state index in [2.05, 4.69) is 12.1 Å². The third-order valence-electron chi connectivity index (χ3n) is 4.22. The van der Waals surface area contributed by atoms with Gasteiger partial charge in [0.25, 0.3) is 0 Å². The minimum absolute atomic E-state index is 0.334. The number of hydrogen-bond donors (Lipinski definition) is 0. The van der Waals surface area contributed by atoms with Crippen LogP contribution >= 0.6 is 0 Å². The molecule has 4 nitrogen and oxygen atoms in total. The number of carbonyl (C=O) groups excluding carboxylic acids is 1. The summed E-state index contributed by atoms with van der Waals surface area (Å²) in [6, 6.07) is 15.5. The summed E-state index contributed by atoms with van der Waals surface area (Å²) >= 11 is 0. The van der Waals surface area contributed by atoms with Crippen molar-refractivity contribution in [3.8, 4) is 5.75 Å². The second-order valence-electron chi connectivity index (χ2n) is 6.29. The fourth-order valence-corrected chi connectivity index (χ4v) is 2.79. The summed E-state index contributed by atoms with van der Waals surface area (Å²) in [6.45, 7) is 1.27. The van der Waals surface area contributed by atoms with Crippen LogP contribution in [0.25, 0.3) is 0 Å². The normalized spacial score (nSPS) is 10.5. The predicted octanol–water partition coefficient (Wildman–Crippen LogP) is 4.80. The van der Waals surface area contributed by atoms with E-state index in [9.17, 15) is 4.79 Å². The van der Waals surface area contributed by atoms with Crippen molar-refractivity contribution in [1.82, 2.24) is 0 Å². The first kappa shape index (κ1) is 20.0. The molecule has 0 N–H and O–H groups in total. The summed E-state index contributed by atoms with van der Waals surface area (Å²) < 4.78 is 15.7. The largest absolute Gasteiger partial charge is 0.489 e. The van der Waals surface area contributed by atoms with Crippen LogP contribution in [0.4, 0.5) is 0 Å². The van der Waals surface area contributed by atoms with Crippen LogP contribution in [-0.2, 0) is 22.5 Å². The highest BCUT2D eigenvalue weighted by Crippen LogP contribution is 2.18. The summed E-state index contributed by atoms with van der Waals surface area (Å²) in [6.07, 6.45) is 5.79. The van der Waals surface area contributed by atoms with Crippen LogP contribution in [0.3, 0.4) is 0 Å². The number of unbranched alkanes of at least 4 members (excludes halogenated alkanes) is 3. The number of esters is 1. The first-order valence-corrected chi connectivity index (χ1v) is 9.11. The Hall–Kier alpha value is -2.33. The number of methoxy groups -OCH3 is 2. The van der Waals surface area contributed by atoms with Gasteiger partial charge in [0.1, 0.15) is 12.4 Å². The third-order valence-corrected chi connectivity index (χ3v) is 4.22. The highest BCUT2D eigenvalue weighted by atomic mass is 16.5. The van der Waals surface area contributed by atoms with Crippen LogP contribution in [0, 0.1) is 0 Å². The Kier molecular flexibility index (Phi) is 8.70. The highest BCUT2D eigenvalue weighted by molar-refractivity contribution is 5.89. The van der Waals surface area contributed by atoms with Gasteiger partial charge in [0.05, 0.1) is 12.7 Å². The van der Waals surface area contributed by atoms with Crippen LogP contribution < -0.4 is 4.74 Å². The Morgan fingerprint density at radius 3 is 2.46 bits per heavy atom. The van der Waals surface area contributed by atoms with Gasteiger partial charge in [-0.2, -0.15) is 0 Å². The lowest BCUT2D eigenvalue weighted by atomic mass is 10.1. The summed E-state index contributed by atoms with van der Waals surface area (Å²) in [4.78, 5) is 11.6. The van der Waals surface area contributed by atoms with Crippen molar-refractivity contribution in [3.63, 3.8) is 0 Å². The van der Waals surface area contributed by atoms with Gasteiger partial charge in [0, 0.05) is 13.7 Å². The molecule has 0 aliphatic heterocycles. The molecule has 4 heteroatoms. The van der Waals surface area contributed by atoms with E-state index >= 15 is 0 Å². The van der Waals surface area contributed by atoms with Gasteiger partial charge in [-0.1, -0.05) is 37.1 Å². The molecule has 0 amide bonds. The SMILES string of the molecule is COCCCCCCc1cccc(OCc2cccc(C(=O)OC)c2)c1. The van der Waals surface area contributed by atoms with Crippen LogP contribution in [-0.4, -0.2) is 26.8 Å². The van der Waals surface area contributed by atoms with Gasteiger partial charge in [0.15, 0.2) is 0 Å². The summed E-state index contributed by atoms with van der Waals surface area (Å²) in [5.41, 5.74) is 2.77. The Bertz CT molecular complexity index is 681. The number of carbonyl (C=O) groups is 1. The van der Waals surface area contributed by atoms with Crippen molar-refractivity contribution in [1.29, 1.82) is 0 Å². The minimum Gasteiger partial charge on any atom is -0.489 e. The molecule has 0 aliphatic carbocycles. The zero-order valence-corrected chi connectivity index (χ0v) is 15.7. The molecule has 0 unspecified atom stereocenters. The topological polar surface area (TPSA) is 44.8 Å². The molecule has 0 spiro atoms. The van der Waals surface area contributed by atoms with Gasteiger partial charge in [-0.15, -0.1) is 0 Å². The maximum Gasteiger partial charge on any atom is 0.337 e. The molecule has 0 aromatic heterocycles. The van der Waals surface area contributed by atoms with Gasteiger partial charge in [-0.25, -0.2) is 4.79 Å². The molecule has 0 saturated heterocycles. The lowest BCUT2D eigenvalue weighted by Crippen LogP contribution is -2.03. The van der Waals surface area contributed by atoms with E-state index < -0.39 is 0 Å². The maximum atomic E-state index is 11.6. The standard InChI is InChI=1S/C22H28O4/c1-24-14-6-4-3-5-9-18-10-8-13-21(16-18)26-17-19-11-7-12-20(15-19)22(23)25-2/h7-8,10-13,15-16H,3-6,9,14,17H2,1-2H3. The van der Waals surface area contributed by atoms with Crippen molar-refractivity contribution in [2.75, 3.05) is 20.8 Å². The monoisotopic (exact) mass is 356 g/mol. The maximum absolute atomic E-state index is 11.6. The first-order chi connectivity index (χ1) is 12.7. The van der Waals surface area contributed by atoms with Gasteiger partial charge in [-0.3, -0.25) is 0 Å². The van der Waals surface area contributed by atoms with Crippen LogP contribution in [0.5, 0.6) is 5.75 Å². The molecule has 0 radical (unpaired) electrons. The smallest absolute Gasteiger partial charge is 0.337 e. The minimum atomic E-state index is -0.334. The van der Waals surface area contributed by atoms with E-state index in [0.29, 0.717) is 12.2 Å². The average molecular weight is 356 g/mol. The number of aryl methyl sites for hydroxylation is 1. The molecular formula is C22H28O4. The molecule has 0 atom stereocenters. The Balaban J connectivity index is 1.82. The molecule has 26 heavy (non-hydrogen) atoms. The summed E-state index contributed by atoms with van der Waals surface area (Å²) in [5.74, 6) is 0.518. The van der Waals surface area contributed by atoms with Gasteiger partial charge >= 0.3 is 5.97 Å². The molecule has 2 rings (SSSR count). The first-order valence-electron chi connectivity index (χ1n) is 9.11. The van der Waals surface area contributed by atoms with Crippen molar-refractivity contribution in [2.24, 2.45) is 0 Å². The number of ether oxygens (including phenoxy) is 3. The summed E-state index contributed by atoms with van der Waals surface area (Å²) in [5, 5.41) is 0. The number of rotatable bonds is 11. The number of hydrogen-bond acceptors (Lipinski definition) is 4. The van der Waals surface area contributed by atoms with E-state index in [-0.39, 0.29) is 5.97 Å². The molecular weight excluding hydrogens is 328 g/mol. The molecule has 2 aromatic rings. The van der Waals surface area contributed by atoms with Crippen LogP contribution in [0.15, 0.2) is 48.5 Å². The average Bonchev–Trinajstić information content (AvgIpc) is 2.69. The quantitative estimate of drug-likeness (QED) is 0.428. The molecule has 0 bridgehead atoms. The molecule has 0 fully saturated rings. The zero-order chi connectivity index (χ0) is 18.6. The van der Waals surface area contributed by atoms with Gasteiger partial charge in [0.2, 0.25) is 0 Å². The van der Waals surface area contributed by atoms with Crippen molar-refractivity contribution >= 4 is 5.97 Å². The number of benzene rings is 2. The Labute approximate surface area is 156 Å². The second-order valence-corrected chi connectivity index (χ2v) is 6.29. The molecule has 0 heterocycles. The fourth-order valence-electron chi connectivity index (χ4n) is 2.79. The van der Waals surface area contributed by atoms with Crippen LogP contribution in [0.2, 0.25) is 0 Å². The van der Waals surface area contributed by atoms with E-state index in [4.69, 9.17) is 14.2 Å². The molecule has 0 saturated carbocycles. The zero-order valence-electron chi connectivity index (χ0n) is 15.7. The Morgan fingerprint density at radius 1 is 0.885 bits per heavy atom. The second kappa shape index (κ2) is 11.3. The van der Waals surface area contributed by atoms with Gasteiger partial charge in [-0.05, 0) is 54.7 Å².